The first-order chi connectivity index (χ1) is 12.2. The Morgan fingerprint density at radius 3 is 2.46 bits per heavy atom. The quantitative estimate of drug-likeness (QED) is 0.758. The largest absolute Gasteiger partial charge is 0.573 e. The zero-order chi connectivity index (χ0) is 19.3. The second-order valence-corrected chi connectivity index (χ2v) is 5.88. The predicted molar refractivity (Wildman–Crippen MR) is 89.7 cm³/mol. The van der Waals surface area contributed by atoms with E-state index in [1.165, 1.54) is 0 Å². The summed E-state index contributed by atoms with van der Waals surface area (Å²) >= 11 is 0. The number of nitrogens with zero attached hydrogens (tertiary/aromatic N) is 2. The van der Waals surface area contributed by atoms with Crippen LogP contribution in [0.15, 0.2) is 18.2 Å². The van der Waals surface area contributed by atoms with Crippen molar-refractivity contribution in [3.63, 3.8) is 0 Å². The molecule has 1 aliphatic heterocycles. The molecule has 0 saturated carbocycles. The zero-order valence-corrected chi connectivity index (χ0v) is 14.4. The Hall–Kier alpha value is -2.27. The van der Waals surface area contributed by atoms with Gasteiger partial charge in [0, 0.05) is 26.2 Å². The number of piperazine rings is 1. The number of carbonyl (C=O) groups excluding carboxylic acids is 2. The Morgan fingerprint density at radius 1 is 1.23 bits per heavy atom. The van der Waals surface area contributed by atoms with Crippen molar-refractivity contribution < 1.29 is 32.2 Å². The van der Waals surface area contributed by atoms with Gasteiger partial charge in [0.15, 0.2) is 5.75 Å². The van der Waals surface area contributed by atoms with Crippen LogP contribution in [0.2, 0.25) is 0 Å². The number of benzene rings is 1. The van der Waals surface area contributed by atoms with Gasteiger partial charge in [0.2, 0.25) is 5.91 Å². The summed E-state index contributed by atoms with van der Waals surface area (Å²) in [5.74, 6) is -1.83. The van der Waals surface area contributed by atoms with Gasteiger partial charge in [-0.15, -0.1) is 13.2 Å². The summed E-state index contributed by atoms with van der Waals surface area (Å²) in [6.07, 6.45) is -4.93. The molecular formula is C15H19BF3N3O4. The number of carbonyl (C=O) groups is 2. The lowest BCUT2D eigenvalue weighted by molar-refractivity contribution is -0.274. The van der Waals surface area contributed by atoms with Crippen molar-refractivity contribution in [2.24, 2.45) is 0 Å². The molecule has 2 rings (SSSR count). The molecule has 0 aromatic heterocycles. The van der Waals surface area contributed by atoms with E-state index in [4.69, 9.17) is 0 Å². The molecule has 7 nitrogen and oxygen atoms in total. The number of hydrogen-bond acceptors (Lipinski definition) is 6. The topological polar surface area (TPSA) is 71.1 Å². The van der Waals surface area contributed by atoms with E-state index in [-0.39, 0.29) is 17.8 Å². The highest BCUT2D eigenvalue weighted by Crippen LogP contribution is 2.31. The lowest BCUT2D eigenvalue weighted by Crippen LogP contribution is -2.47. The number of nitrogens with one attached hydrogen (secondary N) is 1. The summed E-state index contributed by atoms with van der Waals surface area (Å²) in [4.78, 5) is 27.8. The number of alkyl halides is 3. The van der Waals surface area contributed by atoms with Crippen LogP contribution in [0.4, 0.5) is 18.9 Å². The monoisotopic (exact) mass is 373 g/mol. The molecule has 1 aliphatic rings. The van der Waals surface area contributed by atoms with E-state index in [1.54, 1.807) is 0 Å². The van der Waals surface area contributed by atoms with Crippen molar-refractivity contribution >= 4 is 25.6 Å². The first-order valence-corrected chi connectivity index (χ1v) is 7.87. The summed E-state index contributed by atoms with van der Waals surface area (Å²) in [7, 11) is 3.12. The van der Waals surface area contributed by atoms with Crippen molar-refractivity contribution in [1.29, 1.82) is 0 Å². The van der Waals surface area contributed by atoms with E-state index in [2.05, 4.69) is 19.6 Å². The Labute approximate surface area is 149 Å². The number of ether oxygens (including phenoxy) is 1. The molecule has 1 aromatic carbocycles. The molecule has 0 spiro atoms. The minimum atomic E-state index is -4.93. The van der Waals surface area contributed by atoms with Gasteiger partial charge < -0.3 is 19.6 Å². The summed E-state index contributed by atoms with van der Waals surface area (Å²) in [5.41, 5.74) is -0.249. The summed E-state index contributed by atoms with van der Waals surface area (Å²) in [5, 5.41) is 2.38. The van der Waals surface area contributed by atoms with Crippen LogP contribution < -0.4 is 10.1 Å². The van der Waals surface area contributed by atoms with Gasteiger partial charge >= 0.3 is 20.4 Å². The second-order valence-electron chi connectivity index (χ2n) is 5.88. The number of rotatable bonds is 5. The average Bonchev–Trinajstić information content (AvgIpc) is 2.56. The van der Waals surface area contributed by atoms with Crippen LogP contribution in [0, 0.1) is 0 Å². The SMILES string of the molecule is BOC(=O)c1ccc(OC(F)(F)F)c(NC(=O)CN2CCN(C)CC2)c1. The van der Waals surface area contributed by atoms with Crippen molar-refractivity contribution in [2.45, 2.75) is 6.36 Å². The van der Waals surface area contributed by atoms with Crippen LogP contribution in [0.5, 0.6) is 5.75 Å². The highest BCUT2D eigenvalue weighted by Gasteiger charge is 2.32. The van der Waals surface area contributed by atoms with Crippen LogP contribution in [0.25, 0.3) is 0 Å². The Bertz CT molecular complexity index is 664. The van der Waals surface area contributed by atoms with Gasteiger partial charge in [-0.1, -0.05) is 0 Å². The molecule has 1 amide bonds. The molecule has 1 fully saturated rings. The summed E-state index contributed by atoms with van der Waals surface area (Å²) < 4.78 is 46.1. The molecule has 1 heterocycles. The van der Waals surface area contributed by atoms with E-state index in [0.717, 1.165) is 39.3 Å². The third-order valence-electron chi connectivity index (χ3n) is 3.86. The van der Waals surface area contributed by atoms with Gasteiger partial charge in [-0.2, -0.15) is 0 Å². The predicted octanol–water partition coefficient (Wildman–Crippen LogP) is 0.476. The molecule has 1 aromatic rings. The van der Waals surface area contributed by atoms with E-state index < -0.39 is 24.0 Å². The standard InChI is InChI=1S/C15H19BF3N3O4/c1-21-4-6-22(7-5-21)9-13(23)20-11-8-10(14(24)26-16)2-3-12(11)25-15(17,18)19/h2-3,8H,4-7,9,16H2,1H3,(H,20,23). The molecule has 142 valence electrons. The van der Waals surface area contributed by atoms with Crippen LogP contribution in [-0.2, 0) is 9.45 Å². The maximum Gasteiger partial charge on any atom is 0.573 e. The van der Waals surface area contributed by atoms with Crippen LogP contribution in [0.1, 0.15) is 10.4 Å². The maximum atomic E-state index is 12.6. The van der Waals surface area contributed by atoms with E-state index >= 15 is 0 Å². The number of amides is 1. The number of likely N-dealkylation sites (N-methyl/N-ethyl adjacent to an activating group) is 1. The van der Waals surface area contributed by atoms with Crippen molar-refractivity contribution in [2.75, 3.05) is 45.1 Å². The fourth-order valence-electron chi connectivity index (χ4n) is 2.48. The highest BCUT2D eigenvalue weighted by molar-refractivity contribution is 6.10. The van der Waals surface area contributed by atoms with Crippen molar-refractivity contribution in [3.8, 4) is 5.75 Å². The fourth-order valence-corrected chi connectivity index (χ4v) is 2.48. The fraction of sp³-hybridized carbons (Fsp3) is 0.467. The molecule has 0 bridgehead atoms. The minimum absolute atomic E-state index is 0.00285. The number of hydrogen-bond donors (Lipinski definition) is 1. The Kier molecular flexibility index (Phi) is 6.49. The lowest BCUT2D eigenvalue weighted by Gasteiger charge is -2.31. The van der Waals surface area contributed by atoms with Gasteiger partial charge in [-0.25, -0.2) is 4.79 Å². The van der Waals surface area contributed by atoms with Gasteiger partial charge in [0.25, 0.3) is 0 Å². The molecule has 0 unspecified atom stereocenters. The van der Waals surface area contributed by atoms with Gasteiger partial charge in [0.05, 0.1) is 17.8 Å². The molecule has 0 atom stereocenters. The van der Waals surface area contributed by atoms with Crippen molar-refractivity contribution in [3.05, 3.63) is 23.8 Å². The summed E-state index contributed by atoms with van der Waals surface area (Å²) in [6, 6.07) is 3.18. The van der Waals surface area contributed by atoms with Gasteiger partial charge in [-0.3, -0.25) is 9.69 Å². The summed E-state index contributed by atoms with van der Waals surface area (Å²) in [6.45, 7) is 2.99. The van der Waals surface area contributed by atoms with Crippen LogP contribution in [0.3, 0.4) is 0 Å². The van der Waals surface area contributed by atoms with Gasteiger partial charge in [0.1, 0.15) is 0 Å². The van der Waals surface area contributed by atoms with Crippen LogP contribution >= 0.6 is 0 Å². The average molecular weight is 373 g/mol. The number of anilines is 1. The van der Waals surface area contributed by atoms with E-state index in [9.17, 15) is 22.8 Å². The molecule has 1 N–H and O–H groups in total. The van der Waals surface area contributed by atoms with E-state index in [1.807, 2.05) is 11.9 Å². The zero-order valence-electron chi connectivity index (χ0n) is 14.4. The lowest BCUT2D eigenvalue weighted by atomic mass is 10.1. The Balaban J connectivity index is 2.13. The van der Waals surface area contributed by atoms with E-state index in [0.29, 0.717) is 13.1 Å². The normalized spacial score (nSPS) is 16.2. The third-order valence-corrected chi connectivity index (χ3v) is 3.86. The minimum Gasteiger partial charge on any atom is -0.540 e. The first-order valence-electron chi connectivity index (χ1n) is 7.87. The smallest absolute Gasteiger partial charge is 0.540 e. The molecule has 0 radical (unpaired) electrons. The second kappa shape index (κ2) is 8.41. The third kappa shape index (κ3) is 5.92. The molecule has 1 saturated heterocycles. The molecular weight excluding hydrogens is 354 g/mol. The Morgan fingerprint density at radius 2 is 1.88 bits per heavy atom. The molecule has 26 heavy (non-hydrogen) atoms. The first kappa shape index (κ1) is 20.1. The molecule has 11 heteroatoms. The maximum absolute atomic E-state index is 12.6. The highest BCUT2D eigenvalue weighted by atomic mass is 19.4. The number of halogens is 3. The van der Waals surface area contributed by atoms with Gasteiger partial charge in [-0.05, 0) is 25.2 Å². The van der Waals surface area contributed by atoms with Crippen LogP contribution in [-0.4, -0.2) is 75.9 Å². The molecule has 0 aliphatic carbocycles. The van der Waals surface area contributed by atoms with Crippen molar-refractivity contribution in [1.82, 2.24) is 9.80 Å².